The van der Waals surface area contributed by atoms with E-state index in [1.54, 1.807) is 6.08 Å². The van der Waals surface area contributed by atoms with Crippen molar-refractivity contribution < 1.29 is 0 Å². The highest BCUT2D eigenvalue weighted by atomic mass is 15.1. The summed E-state index contributed by atoms with van der Waals surface area (Å²) in [5.41, 5.74) is 13.7. The summed E-state index contributed by atoms with van der Waals surface area (Å²) in [5.74, 6) is 5.00. The lowest BCUT2D eigenvalue weighted by atomic mass is 9.84. The number of hydrogen-bond donors (Lipinski definition) is 0. The number of aromatic nitrogens is 12. The molecule has 4 aromatic heterocycles. The average molecular weight is 1420 g/mol. The maximum atomic E-state index is 11.9. The highest BCUT2D eigenvalue weighted by Crippen LogP contribution is 2.46. The van der Waals surface area contributed by atoms with Crippen molar-refractivity contribution in [1.82, 2.24) is 59.8 Å². The monoisotopic (exact) mass is 1420 g/mol. The van der Waals surface area contributed by atoms with Crippen LogP contribution >= 0.6 is 0 Å². The van der Waals surface area contributed by atoms with Crippen molar-refractivity contribution in [3.63, 3.8) is 0 Å². The molecule has 0 amide bonds. The van der Waals surface area contributed by atoms with Gasteiger partial charge in [0, 0.05) is 82.9 Å². The third-order valence-corrected chi connectivity index (χ3v) is 19.2. The molecule has 17 aromatic rings. The van der Waals surface area contributed by atoms with Crippen LogP contribution in [0.2, 0.25) is 0 Å². The molecule has 0 aliphatic carbocycles. The van der Waals surface area contributed by atoms with Gasteiger partial charge in [0.1, 0.15) is 18.2 Å². The summed E-state index contributed by atoms with van der Waals surface area (Å²) in [5, 5.41) is 37.6. The Balaban J connectivity index is 0.793. The minimum atomic E-state index is 0.197. The van der Waals surface area contributed by atoms with Crippen molar-refractivity contribution in [2.45, 2.75) is 6.92 Å². The normalized spacial score (nSPS) is 11.3. The second-order valence-corrected chi connectivity index (χ2v) is 26.1. The molecule has 111 heavy (non-hydrogen) atoms. The minimum Gasteiger partial charge on any atom is -0.209 e. The van der Waals surface area contributed by atoms with E-state index in [2.05, 4.69) is 30.9 Å². The summed E-state index contributed by atoms with van der Waals surface area (Å²) in [6, 6.07) is 106. The Hall–Kier alpha value is -15.9. The summed E-state index contributed by atoms with van der Waals surface area (Å²) in [4.78, 5) is 61.2. The maximum Gasteiger partial charge on any atom is 0.166 e. The van der Waals surface area contributed by atoms with E-state index >= 15 is 0 Å². The molecule has 15 nitrogen and oxygen atoms in total. The highest BCUT2D eigenvalue weighted by molar-refractivity contribution is 6.08. The summed E-state index contributed by atoms with van der Waals surface area (Å²) in [7, 11) is 0. The van der Waals surface area contributed by atoms with Crippen LogP contribution in [0.1, 0.15) is 29.4 Å². The van der Waals surface area contributed by atoms with Crippen LogP contribution in [-0.4, -0.2) is 59.8 Å². The van der Waals surface area contributed by atoms with E-state index in [1.165, 1.54) is 0 Å². The van der Waals surface area contributed by atoms with E-state index in [0.717, 1.165) is 72.0 Å². The van der Waals surface area contributed by atoms with Crippen molar-refractivity contribution in [3.05, 3.63) is 357 Å². The SMILES string of the molecule is C=C/C=C\C=C(/C)c1nc(-c2ccccc2)nc(-c2ccc(-c3c(-c4nc(-c5ccccc5)nc(-c5ccccc5)n4)c(C#N)c4cc(-c5cccc(-c6nc(-c7ccccc7)nc(-c7ccc(-c8cc9ccccc9c(C#N)c8-c8nc(-c9ccccc9)nc(-c9ccccc9)n8)cc7)n6)c5)ccc4c3C#N)cc2)n1. The minimum absolute atomic E-state index is 0.197. The van der Waals surface area contributed by atoms with E-state index in [1.807, 2.05) is 322 Å². The topological polar surface area (TPSA) is 226 Å². The molecule has 0 radical (unpaired) electrons. The molecule has 4 heterocycles. The first-order valence-corrected chi connectivity index (χ1v) is 35.8. The van der Waals surface area contributed by atoms with E-state index in [-0.39, 0.29) is 11.4 Å². The van der Waals surface area contributed by atoms with Crippen molar-refractivity contribution in [3.8, 4) is 177 Å². The zero-order chi connectivity index (χ0) is 75.2. The second kappa shape index (κ2) is 30.3. The Kier molecular flexibility index (Phi) is 18.6. The van der Waals surface area contributed by atoms with Gasteiger partial charge in [-0.1, -0.05) is 316 Å². The van der Waals surface area contributed by atoms with Crippen molar-refractivity contribution in [2.75, 3.05) is 0 Å². The first-order valence-electron chi connectivity index (χ1n) is 35.8. The van der Waals surface area contributed by atoms with Crippen LogP contribution in [-0.2, 0) is 0 Å². The van der Waals surface area contributed by atoms with Gasteiger partial charge in [-0.2, -0.15) is 15.8 Å². The summed E-state index contributed by atoms with van der Waals surface area (Å²) in [6.07, 6.45) is 7.37. The first kappa shape index (κ1) is 68.2. The summed E-state index contributed by atoms with van der Waals surface area (Å²) in [6.45, 7) is 5.77. The molecule has 0 aliphatic rings. The Morgan fingerprint density at radius 3 is 1.03 bits per heavy atom. The molecule has 0 N–H and O–H groups in total. The predicted octanol–water partition coefficient (Wildman–Crippen LogP) is 21.8. The fourth-order valence-electron chi connectivity index (χ4n) is 13.7. The van der Waals surface area contributed by atoms with Crippen LogP contribution in [0.4, 0.5) is 0 Å². The largest absolute Gasteiger partial charge is 0.209 e. The number of allylic oxidation sites excluding steroid dienone is 5. The number of fused-ring (bicyclic) bond motifs is 2. The van der Waals surface area contributed by atoms with Gasteiger partial charge in [0.25, 0.3) is 0 Å². The van der Waals surface area contributed by atoms with Crippen LogP contribution in [0.5, 0.6) is 0 Å². The third-order valence-electron chi connectivity index (χ3n) is 19.2. The lowest BCUT2D eigenvalue weighted by Gasteiger charge is -2.18. The number of nitriles is 3. The third kappa shape index (κ3) is 13.7. The van der Waals surface area contributed by atoms with Gasteiger partial charge in [-0.15, -0.1) is 0 Å². The van der Waals surface area contributed by atoms with Crippen LogP contribution in [0.15, 0.2) is 334 Å². The molecule has 0 spiro atoms. The number of rotatable bonds is 17. The van der Waals surface area contributed by atoms with Crippen LogP contribution < -0.4 is 0 Å². The standard InChI is InChI=1S/C96H59N15/c1-3-4-11-27-60(2)85-100-86(63-28-12-5-13-29-63)102-92(101-85)70-50-46-62(47-51-70)82-80(58-98)76-53-52-72(55-78(76)81(59-99)84(82)96-110-90(67-36-20-9-21-37-67)105-91(111-96)68-38-22-10-23-39-68)71-41-26-42-74(54-71)94-106-87(64-30-14-6-15-31-64)103-93(107-94)69-48-44-61(45-49-69)77-56-73-40-24-25-43-75(73)79(57-97)83(77)95-108-88(65-32-16-7-17-33-65)104-89(109-95)66-34-18-8-19-35-66/h3-56H,1H2,2H3/b11-4-,60-27+. The van der Waals surface area contributed by atoms with Crippen LogP contribution in [0.25, 0.3) is 186 Å². The first-order chi connectivity index (χ1) is 54.7. The van der Waals surface area contributed by atoms with Crippen LogP contribution in [0, 0.1) is 34.0 Å². The molecular weight excluding hydrogens is 1360 g/mol. The van der Waals surface area contributed by atoms with Gasteiger partial charge in [0.2, 0.25) is 0 Å². The summed E-state index contributed by atoms with van der Waals surface area (Å²) < 4.78 is 0. The number of benzene rings is 13. The van der Waals surface area contributed by atoms with Crippen LogP contribution in [0.3, 0.4) is 0 Å². The van der Waals surface area contributed by atoms with E-state index in [4.69, 9.17) is 59.8 Å². The van der Waals surface area contributed by atoms with Crippen molar-refractivity contribution in [1.29, 1.82) is 15.8 Å². The van der Waals surface area contributed by atoms with Gasteiger partial charge in [-0.05, 0) is 63.9 Å². The van der Waals surface area contributed by atoms with E-state index < -0.39 is 0 Å². The zero-order valence-corrected chi connectivity index (χ0v) is 59.6. The van der Waals surface area contributed by atoms with Crippen molar-refractivity contribution >= 4 is 27.1 Å². The second-order valence-electron chi connectivity index (χ2n) is 26.1. The molecule has 0 saturated carbocycles. The Labute approximate surface area is 639 Å². The van der Waals surface area contributed by atoms with Gasteiger partial charge in [0.15, 0.2) is 69.9 Å². The fourth-order valence-corrected chi connectivity index (χ4v) is 13.7. The van der Waals surface area contributed by atoms with Crippen molar-refractivity contribution in [2.24, 2.45) is 0 Å². The predicted molar refractivity (Wildman–Crippen MR) is 438 cm³/mol. The molecule has 0 aliphatic heterocycles. The lowest BCUT2D eigenvalue weighted by molar-refractivity contribution is 1.03. The number of nitrogens with zero attached hydrogens (tertiary/aromatic N) is 15. The van der Waals surface area contributed by atoms with E-state index in [0.29, 0.717) is 125 Å². The summed E-state index contributed by atoms with van der Waals surface area (Å²) >= 11 is 0. The molecular formula is C96H59N15. The van der Waals surface area contributed by atoms with E-state index in [9.17, 15) is 15.8 Å². The Bertz CT molecular complexity index is 6540. The lowest BCUT2D eigenvalue weighted by Crippen LogP contribution is -2.05. The molecule has 0 atom stereocenters. The van der Waals surface area contributed by atoms with Gasteiger partial charge >= 0.3 is 0 Å². The average Bonchev–Trinajstić information content (AvgIpc) is 0.730. The van der Waals surface area contributed by atoms with Gasteiger partial charge in [-0.25, -0.2) is 59.8 Å². The smallest absolute Gasteiger partial charge is 0.166 e. The van der Waals surface area contributed by atoms with Gasteiger partial charge < -0.3 is 0 Å². The molecule has 518 valence electrons. The zero-order valence-electron chi connectivity index (χ0n) is 59.6. The Morgan fingerprint density at radius 1 is 0.261 bits per heavy atom. The van der Waals surface area contributed by atoms with Gasteiger partial charge in [-0.3, -0.25) is 0 Å². The number of hydrogen-bond acceptors (Lipinski definition) is 15. The Morgan fingerprint density at radius 2 is 0.586 bits per heavy atom. The highest BCUT2D eigenvalue weighted by Gasteiger charge is 2.28. The molecule has 0 fully saturated rings. The molecule has 17 rings (SSSR count). The molecule has 0 bridgehead atoms. The molecule has 13 aromatic carbocycles. The molecule has 0 saturated heterocycles. The van der Waals surface area contributed by atoms with Gasteiger partial charge in [0.05, 0.1) is 16.7 Å². The molecule has 0 unspecified atom stereocenters. The maximum absolute atomic E-state index is 11.9. The molecule has 15 heteroatoms. The fraction of sp³-hybridized carbons (Fsp3) is 0.0104. The quantitative estimate of drug-likeness (QED) is 0.0773.